The van der Waals surface area contributed by atoms with Crippen LogP contribution in [-0.2, 0) is 0 Å². The molecule has 0 spiro atoms. The first-order valence-electron chi connectivity index (χ1n) is 8.25. The van der Waals surface area contributed by atoms with Gasteiger partial charge in [0.15, 0.2) is 0 Å². The summed E-state index contributed by atoms with van der Waals surface area (Å²) < 4.78 is 0. The van der Waals surface area contributed by atoms with Crippen LogP contribution in [0, 0.1) is 5.92 Å². The van der Waals surface area contributed by atoms with E-state index in [1.165, 1.54) is 71.1 Å². The fourth-order valence-corrected chi connectivity index (χ4v) is 3.08. The second-order valence-corrected chi connectivity index (χ2v) is 5.97. The van der Waals surface area contributed by atoms with E-state index in [1.54, 1.807) is 0 Å². The molecule has 0 saturated carbocycles. The molecule has 0 amide bonds. The lowest BCUT2D eigenvalue weighted by Gasteiger charge is -2.29. The number of rotatable bonds is 10. The summed E-state index contributed by atoms with van der Waals surface area (Å²) in [4.78, 5) is 2.72. The Morgan fingerprint density at radius 3 is 2.61 bits per heavy atom. The minimum Gasteiger partial charge on any atom is -0.313 e. The third-order valence-corrected chi connectivity index (χ3v) is 4.24. The number of nitrogens with zero attached hydrogens (tertiary/aromatic N) is 1. The maximum absolute atomic E-state index is 3.64. The number of nitrogens with one attached hydrogen (secondary N) is 1. The molecule has 0 aliphatic carbocycles. The molecule has 1 aliphatic heterocycles. The van der Waals surface area contributed by atoms with Crippen LogP contribution >= 0.6 is 0 Å². The van der Waals surface area contributed by atoms with Gasteiger partial charge < -0.3 is 10.2 Å². The van der Waals surface area contributed by atoms with Gasteiger partial charge in [-0.1, -0.05) is 40.0 Å². The molecule has 1 heterocycles. The van der Waals surface area contributed by atoms with Gasteiger partial charge in [0.1, 0.15) is 0 Å². The number of hydrogen-bond donors (Lipinski definition) is 1. The maximum Gasteiger partial charge on any atom is 0.0195 e. The summed E-state index contributed by atoms with van der Waals surface area (Å²) in [5, 5.41) is 3.64. The summed E-state index contributed by atoms with van der Waals surface area (Å²) >= 11 is 0. The van der Waals surface area contributed by atoms with Crippen molar-refractivity contribution in [1.29, 1.82) is 0 Å². The van der Waals surface area contributed by atoms with Crippen molar-refractivity contribution in [2.75, 3.05) is 26.2 Å². The third-order valence-electron chi connectivity index (χ3n) is 4.24. The summed E-state index contributed by atoms with van der Waals surface area (Å²) in [5.74, 6) is 0.915. The highest BCUT2D eigenvalue weighted by Gasteiger charge is 2.19. The molecule has 0 aromatic rings. The number of unbranched alkanes of at least 4 members (excludes halogenated alkanes) is 1. The zero-order valence-corrected chi connectivity index (χ0v) is 12.9. The van der Waals surface area contributed by atoms with Gasteiger partial charge in [-0.15, -0.1) is 0 Å². The van der Waals surface area contributed by atoms with Crippen molar-refractivity contribution in [3.63, 3.8) is 0 Å². The largest absolute Gasteiger partial charge is 0.313 e. The van der Waals surface area contributed by atoms with Crippen LogP contribution in [0.5, 0.6) is 0 Å². The fraction of sp³-hybridized carbons (Fsp3) is 1.00. The standard InChI is InChI=1S/C16H34N2/c1-4-7-9-15(6-3)13-18(12-5-2)14-16-10-8-11-17-16/h15-17H,4-14H2,1-3H3. The molecule has 1 N–H and O–H groups in total. The van der Waals surface area contributed by atoms with E-state index in [4.69, 9.17) is 0 Å². The molecule has 2 atom stereocenters. The van der Waals surface area contributed by atoms with E-state index in [2.05, 4.69) is 31.0 Å². The van der Waals surface area contributed by atoms with Crippen LogP contribution in [0.25, 0.3) is 0 Å². The minimum absolute atomic E-state index is 0.764. The van der Waals surface area contributed by atoms with E-state index in [0.29, 0.717) is 0 Å². The topological polar surface area (TPSA) is 15.3 Å². The van der Waals surface area contributed by atoms with Crippen LogP contribution < -0.4 is 5.32 Å². The van der Waals surface area contributed by atoms with E-state index in [0.717, 1.165) is 12.0 Å². The van der Waals surface area contributed by atoms with Crippen LogP contribution in [0.1, 0.15) is 65.7 Å². The molecule has 2 unspecified atom stereocenters. The second-order valence-electron chi connectivity index (χ2n) is 5.97. The Balaban J connectivity index is 2.33. The van der Waals surface area contributed by atoms with Gasteiger partial charge in [0, 0.05) is 19.1 Å². The van der Waals surface area contributed by atoms with Crippen LogP contribution in [0.15, 0.2) is 0 Å². The average Bonchev–Trinajstić information content (AvgIpc) is 2.87. The first kappa shape index (κ1) is 16.0. The van der Waals surface area contributed by atoms with Crippen molar-refractivity contribution in [3.05, 3.63) is 0 Å². The Morgan fingerprint density at radius 1 is 1.22 bits per heavy atom. The molecule has 0 radical (unpaired) electrons. The highest BCUT2D eigenvalue weighted by molar-refractivity contribution is 4.78. The van der Waals surface area contributed by atoms with Gasteiger partial charge in [0.25, 0.3) is 0 Å². The van der Waals surface area contributed by atoms with E-state index in [9.17, 15) is 0 Å². The van der Waals surface area contributed by atoms with Crippen molar-refractivity contribution in [3.8, 4) is 0 Å². The van der Waals surface area contributed by atoms with Crippen molar-refractivity contribution in [2.45, 2.75) is 71.8 Å². The first-order valence-corrected chi connectivity index (χ1v) is 8.25. The van der Waals surface area contributed by atoms with Gasteiger partial charge in [-0.2, -0.15) is 0 Å². The van der Waals surface area contributed by atoms with Crippen LogP contribution in [0.4, 0.5) is 0 Å². The lowest BCUT2D eigenvalue weighted by Crippen LogP contribution is -2.40. The second kappa shape index (κ2) is 9.80. The van der Waals surface area contributed by atoms with E-state index in [1.807, 2.05) is 0 Å². The van der Waals surface area contributed by atoms with Gasteiger partial charge >= 0.3 is 0 Å². The minimum atomic E-state index is 0.764. The van der Waals surface area contributed by atoms with Crippen LogP contribution in [0.3, 0.4) is 0 Å². The summed E-state index contributed by atoms with van der Waals surface area (Å²) in [6, 6.07) is 0.764. The number of hydrogen-bond acceptors (Lipinski definition) is 2. The molecule has 0 aromatic carbocycles. The Labute approximate surface area is 115 Å². The van der Waals surface area contributed by atoms with Gasteiger partial charge in [0.05, 0.1) is 0 Å². The van der Waals surface area contributed by atoms with Crippen molar-refractivity contribution in [2.24, 2.45) is 5.92 Å². The molecular formula is C16H34N2. The summed E-state index contributed by atoms with van der Waals surface area (Å²) in [6.45, 7) is 12.1. The van der Waals surface area contributed by atoms with Crippen LogP contribution in [-0.4, -0.2) is 37.1 Å². The Kier molecular flexibility index (Phi) is 8.70. The van der Waals surface area contributed by atoms with Crippen LogP contribution in [0.2, 0.25) is 0 Å². The summed E-state index contributed by atoms with van der Waals surface area (Å²) in [5.41, 5.74) is 0. The molecule has 108 valence electrons. The lowest BCUT2D eigenvalue weighted by molar-refractivity contribution is 0.202. The Bertz CT molecular complexity index is 188. The quantitative estimate of drug-likeness (QED) is 0.640. The third kappa shape index (κ3) is 6.19. The smallest absolute Gasteiger partial charge is 0.0195 e. The molecule has 1 fully saturated rings. The Hall–Kier alpha value is -0.0800. The van der Waals surface area contributed by atoms with Gasteiger partial charge in [-0.3, -0.25) is 0 Å². The van der Waals surface area contributed by atoms with E-state index in [-0.39, 0.29) is 0 Å². The highest BCUT2D eigenvalue weighted by Crippen LogP contribution is 2.16. The monoisotopic (exact) mass is 254 g/mol. The van der Waals surface area contributed by atoms with Gasteiger partial charge in [-0.05, 0) is 44.7 Å². The predicted molar refractivity (Wildman–Crippen MR) is 81.1 cm³/mol. The average molecular weight is 254 g/mol. The normalized spacial score (nSPS) is 21.7. The molecule has 18 heavy (non-hydrogen) atoms. The molecule has 0 aromatic heterocycles. The summed E-state index contributed by atoms with van der Waals surface area (Å²) in [7, 11) is 0. The molecule has 2 nitrogen and oxygen atoms in total. The van der Waals surface area contributed by atoms with Crippen molar-refractivity contribution < 1.29 is 0 Å². The summed E-state index contributed by atoms with van der Waals surface area (Å²) in [6.07, 6.45) is 9.55. The zero-order chi connectivity index (χ0) is 13.2. The van der Waals surface area contributed by atoms with E-state index < -0.39 is 0 Å². The fourth-order valence-electron chi connectivity index (χ4n) is 3.08. The maximum atomic E-state index is 3.64. The first-order chi connectivity index (χ1) is 8.80. The van der Waals surface area contributed by atoms with Gasteiger partial charge in [0.2, 0.25) is 0 Å². The molecular weight excluding hydrogens is 220 g/mol. The van der Waals surface area contributed by atoms with Gasteiger partial charge in [-0.25, -0.2) is 0 Å². The molecule has 1 saturated heterocycles. The molecule has 2 heteroatoms. The molecule has 1 aliphatic rings. The lowest BCUT2D eigenvalue weighted by atomic mass is 9.98. The van der Waals surface area contributed by atoms with Crippen molar-refractivity contribution in [1.82, 2.24) is 10.2 Å². The molecule has 0 bridgehead atoms. The molecule has 1 rings (SSSR count). The van der Waals surface area contributed by atoms with Crippen molar-refractivity contribution >= 4 is 0 Å². The van der Waals surface area contributed by atoms with E-state index >= 15 is 0 Å². The predicted octanol–water partition coefficient (Wildman–Crippen LogP) is 3.67. The highest BCUT2D eigenvalue weighted by atomic mass is 15.2. The SMILES string of the molecule is CCCCC(CC)CN(CCC)CC1CCCN1. The Morgan fingerprint density at radius 2 is 2.06 bits per heavy atom. The zero-order valence-electron chi connectivity index (χ0n) is 12.9.